The summed E-state index contributed by atoms with van der Waals surface area (Å²) in [7, 11) is 0. The first-order valence-electron chi connectivity index (χ1n) is 6.95. The molecule has 0 amide bonds. The van der Waals surface area contributed by atoms with Gasteiger partial charge in [0.05, 0.1) is 12.3 Å². The summed E-state index contributed by atoms with van der Waals surface area (Å²) in [6.45, 7) is 3.26. The van der Waals surface area contributed by atoms with Crippen molar-refractivity contribution in [2.24, 2.45) is 0 Å². The molecular formula is C16H17N3O2S. The van der Waals surface area contributed by atoms with E-state index in [-0.39, 0.29) is 5.56 Å². The molecule has 0 saturated heterocycles. The Labute approximate surface area is 133 Å². The largest absolute Gasteiger partial charge is 0.377 e. The van der Waals surface area contributed by atoms with Crippen molar-refractivity contribution < 1.29 is 4.74 Å². The van der Waals surface area contributed by atoms with Gasteiger partial charge in [-0.05, 0) is 24.3 Å². The number of rotatable bonds is 6. The smallest absolute Gasteiger partial charge is 0.270 e. The molecule has 0 atom stereocenters. The molecule has 0 aliphatic carbocycles. The number of nitrogens with one attached hydrogen (secondary N) is 1. The van der Waals surface area contributed by atoms with Crippen molar-refractivity contribution in [2.45, 2.75) is 25.1 Å². The van der Waals surface area contributed by atoms with Gasteiger partial charge in [0.2, 0.25) is 0 Å². The molecular weight excluding hydrogens is 298 g/mol. The average molecular weight is 315 g/mol. The first-order chi connectivity index (χ1) is 10.7. The second-order valence-corrected chi connectivity index (χ2v) is 5.46. The van der Waals surface area contributed by atoms with Crippen molar-refractivity contribution >= 4 is 11.8 Å². The molecule has 0 fully saturated rings. The maximum atomic E-state index is 12.0. The van der Waals surface area contributed by atoms with E-state index in [4.69, 9.17) is 4.74 Å². The van der Waals surface area contributed by atoms with E-state index in [1.807, 2.05) is 36.6 Å². The van der Waals surface area contributed by atoms with Crippen LogP contribution in [0.5, 0.6) is 0 Å². The molecule has 0 aliphatic rings. The van der Waals surface area contributed by atoms with Crippen LogP contribution in [0.1, 0.15) is 24.5 Å². The van der Waals surface area contributed by atoms with Gasteiger partial charge in [0.25, 0.3) is 5.56 Å². The van der Waals surface area contributed by atoms with Crippen LogP contribution in [0.4, 0.5) is 0 Å². The first kappa shape index (κ1) is 16.3. The van der Waals surface area contributed by atoms with Crippen LogP contribution in [0.3, 0.4) is 0 Å². The number of hydrogen-bond acceptors (Lipinski definition) is 5. The second-order valence-electron chi connectivity index (χ2n) is 4.66. The van der Waals surface area contributed by atoms with E-state index in [9.17, 15) is 10.1 Å². The number of benzene rings is 1. The topological polar surface area (TPSA) is 78.8 Å². The molecule has 0 saturated carbocycles. The summed E-state index contributed by atoms with van der Waals surface area (Å²) < 4.78 is 5.53. The van der Waals surface area contributed by atoms with Crippen LogP contribution in [-0.4, -0.2) is 22.8 Å². The second kappa shape index (κ2) is 7.78. The Kier molecular flexibility index (Phi) is 5.75. The number of nitrogens with zero attached hydrogens (tertiary/aromatic N) is 2. The van der Waals surface area contributed by atoms with Gasteiger partial charge < -0.3 is 9.72 Å². The van der Waals surface area contributed by atoms with Gasteiger partial charge in [-0.1, -0.05) is 36.9 Å². The quantitative estimate of drug-likeness (QED) is 0.504. The Morgan fingerprint density at radius 2 is 2.27 bits per heavy atom. The van der Waals surface area contributed by atoms with Gasteiger partial charge >= 0.3 is 0 Å². The molecule has 6 heteroatoms. The number of ether oxygens (including phenoxy) is 1. The number of aromatic amines is 1. The predicted molar refractivity (Wildman–Crippen MR) is 86.7 cm³/mol. The van der Waals surface area contributed by atoms with E-state index >= 15 is 0 Å². The normalized spacial score (nSPS) is 10.4. The molecule has 1 N–H and O–H groups in total. The maximum absolute atomic E-state index is 12.0. The van der Waals surface area contributed by atoms with Crippen molar-refractivity contribution in [3.05, 3.63) is 45.7 Å². The number of thioether (sulfide) groups is 1. The lowest BCUT2D eigenvalue weighted by Crippen LogP contribution is -2.14. The Morgan fingerprint density at radius 1 is 1.45 bits per heavy atom. The molecule has 1 aromatic heterocycles. The fourth-order valence-corrected chi connectivity index (χ4v) is 2.38. The molecule has 22 heavy (non-hydrogen) atoms. The standard InChI is InChI=1S/C16H17N3O2S/c1-3-7-21-10-11-5-4-6-12(8-11)14-13(9-17)15(20)19-16(18-14)22-2/h4-6,8H,3,7,10H2,1-2H3,(H,18,19,20). The van der Waals surface area contributed by atoms with Crippen LogP contribution in [0, 0.1) is 11.3 Å². The highest BCUT2D eigenvalue weighted by atomic mass is 32.2. The van der Waals surface area contributed by atoms with Gasteiger partial charge in [-0.15, -0.1) is 0 Å². The highest BCUT2D eigenvalue weighted by molar-refractivity contribution is 7.98. The summed E-state index contributed by atoms with van der Waals surface area (Å²) in [4.78, 5) is 18.9. The minimum Gasteiger partial charge on any atom is -0.377 e. The molecule has 2 rings (SSSR count). The Bertz CT molecular complexity index is 750. The average Bonchev–Trinajstić information content (AvgIpc) is 2.54. The molecule has 0 spiro atoms. The van der Waals surface area contributed by atoms with Crippen LogP contribution in [0.25, 0.3) is 11.3 Å². The molecule has 1 heterocycles. The monoisotopic (exact) mass is 315 g/mol. The third-order valence-corrected chi connectivity index (χ3v) is 3.60. The molecule has 1 aromatic carbocycles. The molecule has 0 radical (unpaired) electrons. The zero-order chi connectivity index (χ0) is 15.9. The summed E-state index contributed by atoms with van der Waals surface area (Å²) in [6.07, 6.45) is 2.79. The highest BCUT2D eigenvalue weighted by Gasteiger charge is 2.13. The van der Waals surface area contributed by atoms with Crippen molar-refractivity contribution in [1.29, 1.82) is 5.26 Å². The predicted octanol–water partition coefficient (Wildman–Crippen LogP) is 2.96. The first-order valence-corrected chi connectivity index (χ1v) is 8.17. The minimum absolute atomic E-state index is 0.0319. The number of hydrogen-bond donors (Lipinski definition) is 1. The van der Waals surface area contributed by atoms with Crippen molar-refractivity contribution in [3.8, 4) is 17.3 Å². The molecule has 5 nitrogen and oxygen atoms in total. The third kappa shape index (κ3) is 3.75. The van der Waals surface area contributed by atoms with Crippen LogP contribution < -0.4 is 5.56 Å². The van der Waals surface area contributed by atoms with Gasteiger partial charge in [-0.25, -0.2) is 4.98 Å². The lowest BCUT2D eigenvalue weighted by atomic mass is 10.1. The Morgan fingerprint density at radius 3 is 2.95 bits per heavy atom. The molecule has 0 unspecified atom stereocenters. The zero-order valence-corrected chi connectivity index (χ0v) is 13.4. The van der Waals surface area contributed by atoms with Gasteiger partial charge in [0.15, 0.2) is 5.16 Å². The van der Waals surface area contributed by atoms with Crippen LogP contribution in [0.2, 0.25) is 0 Å². The van der Waals surface area contributed by atoms with E-state index < -0.39 is 5.56 Å². The number of aromatic nitrogens is 2. The van der Waals surface area contributed by atoms with Crippen molar-refractivity contribution in [2.75, 3.05) is 12.9 Å². The summed E-state index contributed by atoms with van der Waals surface area (Å²) in [5.41, 5.74) is 1.76. The van der Waals surface area contributed by atoms with Gasteiger partial charge in [0.1, 0.15) is 11.6 Å². The SMILES string of the molecule is CCCOCc1cccc(-c2nc(SC)[nH]c(=O)c2C#N)c1. The summed E-state index contributed by atoms with van der Waals surface area (Å²) in [6, 6.07) is 9.52. The van der Waals surface area contributed by atoms with Gasteiger partial charge in [-0.3, -0.25) is 4.79 Å². The molecule has 114 valence electrons. The summed E-state index contributed by atoms with van der Waals surface area (Å²) in [5.74, 6) is 0. The fraction of sp³-hybridized carbons (Fsp3) is 0.312. The van der Waals surface area contributed by atoms with Crippen molar-refractivity contribution in [3.63, 3.8) is 0 Å². The fourth-order valence-electron chi connectivity index (χ4n) is 2.00. The number of nitriles is 1. The van der Waals surface area contributed by atoms with E-state index in [1.165, 1.54) is 11.8 Å². The van der Waals surface area contributed by atoms with Crippen LogP contribution in [-0.2, 0) is 11.3 Å². The lowest BCUT2D eigenvalue weighted by Gasteiger charge is -2.08. The van der Waals surface area contributed by atoms with E-state index in [2.05, 4.69) is 16.9 Å². The van der Waals surface area contributed by atoms with E-state index in [1.54, 1.807) is 0 Å². The summed E-state index contributed by atoms with van der Waals surface area (Å²) >= 11 is 1.33. The van der Waals surface area contributed by atoms with E-state index in [0.29, 0.717) is 24.1 Å². The van der Waals surface area contributed by atoms with E-state index in [0.717, 1.165) is 17.5 Å². The molecule has 2 aromatic rings. The maximum Gasteiger partial charge on any atom is 0.270 e. The third-order valence-electron chi connectivity index (χ3n) is 3.02. The molecule has 0 bridgehead atoms. The lowest BCUT2D eigenvalue weighted by molar-refractivity contribution is 0.121. The Balaban J connectivity index is 2.43. The Hall–Kier alpha value is -2.10. The summed E-state index contributed by atoms with van der Waals surface area (Å²) in [5, 5.41) is 9.72. The zero-order valence-electron chi connectivity index (χ0n) is 12.5. The van der Waals surface area contributed by atoms with Crippen LogP contribution >= 0.6 is 11.8 Å². The van der Waals surface area contributed by atoms with Crippen molar-refractivity contribution in [1.82, 2.24) is 9.97 Å². The van der Waals surface area contributed by atoms with Gasteiger partial charge in [0, 0.05) is 12.2 Å². The van der Waals surface area contributed by atoms with Gasteiger partial charge in [-0.2, -0.15) is 5.26 Å². The number of H-pyrrole nitrogens is 1. The van der Waals surface area contributed by atoms with Crippen LogP contribution in [0.15, 0.2) is 34.2 Å². The minimum atomic E-state index is -0.413. The highest BCUT2D eigenvalue weighted by Crippen LogP contribution is 2.22. The molecule has 0 aliphatic heterocycles.